The quantitative estimate of drug-likeness (QED) is 0.882. The smallest absolute Gasteiger partial charge is 0.252 e. The molecule has 23 heavy (non-hydrogen) atoms. The molecule has 1 saturated heterocycles. The van der Waals surface area contributed by atoms with Gasteiger partial charge < -0.3 is 19.7 Å². The van der Waals surface area contributed by atoms with Crippen molar-refractivity contribution in [3.63, 3.8) is 0 Å². The van der Waals surface area contributed by atoms with Gasteiger partial charge >= 0.3 is 0 Å². The molecule has 0 radical (unpaired) electrons. The summed E-state index contributed by atoms with van der Waals surface area (Å²) in [5.74, 6) is 0.243. The molecule has 3 rings (SSSR count). The first-order valence-corrected chi connectivity index (χ1v) is 7.54. The summed E-state index contributed by atoms with van der Waals surface area (Å²) in [4.78, 5) is 25.9. The van der Waals surface area contributed by atoms with E-state index in [2.05, 4.69) is 5.32 Å². The Labute approximate surface area is 133 Å². The Morgan fingerprint density at radius 2 is 2.22 bits per heavy atom. The van der Waals surface area contributed by atoms with Crippen molar-refractivity contribution < 1.29 is 19.1 Å². The van der Waals surface area contributed by atoms with Gasteiger partial charge in [0, 0.05) is 24.2 Å². The molecule has 1 unspecified atom stereocenters. The minimum atomic E-state index is -0.602. The van der Waals surface area contributed by atoms with Crippen molar-refractivity contribution in [2.24, 2.45) is 0 Å². The highest BCUT2D eigenvalue weighted by Crippen LogP contribution is 2.22. The topological polar surface area (TPSA) is 82.8 Å². The number of carbonyl (C=O) groups is 2. The van der Waals surface area contributed by atoms with Crippen LogP contribution in [0.2, 0.25) is 0 Å². The van der Waals surface area contributed by atoms with E-state index < -0.39 is 6.04 Å². The maximum absolute atomic E-state index is 12.4. The number of anilines is 1. The van der Waals surface area contributed by atoms with Gasteiger partial charge in [0.05, 0.1) is 12.9 Å². The third-order valence-corrected chi connectivity index (χ3v) is 3.87. The number of hydrogen-bond acceptors (Lipinski definition) is 4. The van der Waals surface area contributed by atoms with Crippen molar-refractivity contribution in [1.82, 2.24) is 5.32 Å². The SMILES string of the molecule is O=C(NC(CO)c1ccco1)c1cccc(N2CCCC2=O)c1. The van der Waals surface area contributed by atoms with Gasteiger partial charge in [-0.3, -0.25) is 9.59 Å². The van der Waals surface area contributed by atoms with E-state index in [0.717, 1.165) is 12.1 Å². The van der Waals surface area contributed by atoms with E-state index in [-0.39, 0.29) is 18.4 Å². The third-order valence-electron chi connectivity index (χ3n) is 3.87. The summed E-state index contributed by atoms with van der Waals surface area (Å²) in [6.45, 7) is 0.416. The van der Waals surface area contributed by atoms with Gasteiger partial charge in [0.25, 0.3) is 5.91 Å². The number of nitrogens with zero attached hydrogens (tertiary/aromatic N) is 1. The van der Waals surface area contributed by atoms with Gasteiger partial charge in [-0.2, -0.15) is 0 Å². The fourth-order valence-corrected chi connectivity index (χ4v) is 2.67. The summed E-state index contributed by atoms with van der Waals surface area (Å²) >= 11 is 0. The van der Waals surface area contributed by atoms with E-state index in [1.807, 2.05) is 6.07 Å². The van der Waals surface area contributed by atoms with E-state index in [1.165, 1.54) is 6.26 Å². The second-order valence-corrected chi connectivity index (χ2v) is 5.42. The lowest BCUT2D eigenvalue weighted by molar-refractivity contribution is -0.117. The van der Waals surface area contributed by atoms with E-state index >= 15 is 0 Å². The maximum atomic E-state index is 12.4. The lowest BCUT2D eigenvalue weighted by atomic mass is 10.1. The van der Waals surface area contributed by atoms with Crippen LogP contribution in [0, 0.1) is 0 Å². The lowest BCUT2D eigenvalue weighted by Crippen LogP contribution is -2.31. The van der Waals surface area contributed by atoms with Gasteiger partial charge in [0.15, 0.2) is 0 Å². The Bertz CT molecular complexity index is 696. The monoisotopic (exact) mass is 314 g/mol. The molecule has 2 N–H and O–H groups in total. The molecule has 2 heterocycles. The van der Waals surface area contributed by atoms with Gasteiger partial charge in [-0.1, -0.05) is 6.07 Å². The van der Waals surface area contributed by atoms with E-state index in [1.54, 1.807) is 35.2 Å². The first kappa shape index (κ1) is 15.3. The second-order valence-electron chi connectivity index (χ2n) is 5.42. The highest BCUT2D eigenvalue weighted by Gasteiger charge is 2.23. The summed E-state index contributed by atoms with van der Waals surface area (Å²) in [5.41, 5.74) is 1.16. The van der Waals surface area contributed by atoms with Crippen LogP contribution in [0.15, 0.2) is 47.1 Å². The molecule has 2 aromatic rings. The van der Waals surface area contributed by atoms with Gasteiger partial charge in [0.2, 0.25) is 5.91 Å². The first-order chi connectivity index (χ1) is 11.2. The van der Waals surface area contributed by atoms with E-state index in [0.29, 0.717) is 24.3 Å². The van der Waals surface area contributed by atoms with Gasteiger partial charge in [-0.15, -0.1) is 0 Å². The predicted octanol–water partition coefficient (Wildman–Crippen LogP) is 1.87. The van der Waals surface area contributed by atoms with Crippen LogP contribution in [0.5, 0.6) is 0 Å². The number of nitrogens with one attached hydrogen (secondary N) is 1. The average molecular weight is 314 g/mol. The highest BCUT2D eigenvalue weighted by molar-refractivity contribution is 5.99. The summed E-state index contributed by atoms with van der Waals surface area (Å²) < 4.78 is 5.21. The number of rotatable bonds is 5. The Hall–Kier alpha value is -2.60. The molecular formula is C17H18N2O4. The van der Waals surface area contributed by atoms with E-state index in [9.17, 15) is 14.7 Å². The van der Waals surface area contributed by atoms with Crippen LogP contribution in [0.1, 0.15) is 35.0 Å². The minimum Gasteiger partial charge on any atom is -0.467 e. The molecule has 6 nitrogen and oxygen atoms in total. The predicted molar refractivity (Wildman–Crippen MR) is 84.0 cm³/mol. The van der Waals surface area contributed by atoms with Crippen LogP contribution in [0.4, 0.5) is 5.69 Å². The summed E-state index contributed by atoms with van der Waals surface area (Å²) in [7, 11) is 0. The number of amides is 2. The van der Waals surface area contributed by atoms with Crippen molar-refractivity contribution in [3.05, 3.63) is 54.0 Å². The van der Waals surface area contributed by atoms with Crippen LogP contribution in [-0.2, 0) is 4.79 Å². The van der Waals surface area contributed by atoms with Gasteiger partial charge in [-0.05, 0) is 36.8 Å². The van der Waals surface area contributed by atoms with Crippen LogP contribution in [0.25, 0.3) is 0 Å². The molecule has 1 fully saturated rings. The summed E-state index contributed by atoms with van der Waals surface area (Å²) in [6.07, 6.45) is 2.87. The molecule has 2 amide bonds. The molecule has 0 saturated carbocycles. The third kappa shape index (κ3) is 3.27. The summed E-state index contributed by atoms with van der Waals surface area (Å²) in [6, 6.07) is 9.72. The van der Waals surface area contributed by atoms with E-state index in [4.69, 9.17) is 4.42 Å². The standard InChI is InChI=1S/C17H18N2O4/c20-11-14(15-6-3-9-23-15)18-17(22)12-4-1-5-13(10-12)19-8-2-7-16(19)21/h1,3-6,9-10,14,20H,2,7-8,11H2,(H,18,22). The maximum Gasteiger partial charge on any atom is 0.252 e. The van der Waals surface area contributed by atoms with Crippen LogP contribution < -0.4 is 10.2 Å². The number of aliphatic hydroxyl groups excluding tert-OH is 1. The largest absolute Gasteiger partial charge is 0.467 e. The average Bonchev–Trinajstić information content (AvgIpc) is 3.24. The molecule has 0 aliphatic carbocycles. The van der Waals surface area contributed by atoms with Gasteiger partial charge in [0.1, 0.15) is 11.8 Å². The van der Waals surface area contributed by atoms with Crippen molar-refractivity contribution in [2.45, 2.75) is 18.9 Å². The van der Waals surface area contributed by atoms with Crippen LogP contribution >= 0.6 is 0 Å². The molecular weight excluding hydrogens is 296 g/mol. The molecule has 1 aromatic heterocycles. The first-order valence-electron chi connectivity index (χ1n) is 7.54. The number of furan rings is 1. The second kappa shape index (κ2) is 6.66. The Kier molecular flexibility index (Phi) is 4.43. The van der Waals surface area contributed by atoms with Crippen LogP contribution in [0.3, 0.4) is 0 Å². The zero-order valence-electron chi connectivity index (χ0n) is 12.6. The molecule has 6 heteroatoms. The van der Waals surface area contributed by atoms with Crippen molar-refractivity contribution in [1.29, 1.82) is 0 Å². The lowest BCUT2D eigenvalue weighted by Gasteiger charge is -2.17. The molecule has 120 valence electrons. The van der Waals surface area contributed by atoms with Crippen molar-refractivity contribution in [2.75, 3.05) is 18.1 Å². The van der Waals surface area contributed by atoms with Crippen molar-refractivity contribution in [3.8, 4) is 0 Å². The fraction of sp³-hybridized carbons (Fsp3) is 0.294. The number of benzene rings is 1. The number of carbonyl (C=O) groups excluding carboxylic acids is 2. The van der Waals surface area contributed by atoms with Crippen molar-refractivity contribution >= 4 is 17.5 Å². The molecule has 1 aliphatic rings. The summed E-state index contributed by atoms with van der Waals surface area (Å²) in [5, 5.41) is 12.2. The molecule has 1 atom stereocenters. The zero-order chi connectivity index (χ0) is 16.2. The zero-order valence-corrected chi connectivity index (χ0v) is 12.6. The Morgan fingerprint density at radius 3 is 2.87 bits per heavy atom. The number of hydrogen-bond donors (Lipinski definition) is 2. The Balaban J connectivity index is 1.76. The van der Waals surface area contributed by atoms with Gasteiger partial charge in [-0.25, -0.2) is 0 Å². The van der Waals surface area contributed by atoms with Crippen LogP contribution in [-0.4, -0.2) is 30.1 Å². The molecule has 0 bridgehead atoms. The normalized spacial score (nSPS) is 15.7. The Morgan fingerprint density at radius 1 is 1.35 bits per heavy atom. The molecule has 1 aromatic carbocycles. The highest BCUT2D eigenvalue weighted by atomic mass is 16.3. The molecule has 0 spiro atoms. The minimum absolute atomic E-state index is 0.0754. The number of aliphatic hydroxyl groups is 1. The molecule has 1 aliphatic heterocycles. The fourth-order valence-electron chi connectivity index (χ4n) is 2.67.